The van der Waals surface area contributed by atoms with E-state index in [-0.39, 0.29) is 11.0 Å². The predicted octanol–water partition coefficient (Wildman–Crippen LogP) is 16.3. The van der Waals surface area contributed by atoms with Gasteiger partial charge in [0.2, 0.25) is 5.69 Å². The molecule has 4 fully saturated rings. The van der Waals surface area contributed by atoms with E-state index in [0.717, 1.165) is 91.1 Å². The van der Waals surface area contributed by atoms with Crippen LogP contribution in [0.4, 0.5) is 0 Å². The van der Waals surface area contributed by atoms with E-state index in [0.29, 0.717) is 5.41 Å². The standard InChI is InChI=1S/C64H61N4O2/c1-62(2,3)47-27-28-65-58(34-47)68-55-26-23-48(64-36-41-29-42(37-64)31-43(30-41)38-64)33-54(55)53-25-24-50(35-56(53)68)70-49-20-13-19-46(32-49)57-39-69-61-60(67(40-66(57)61)63(4,5)6)59-51(44-15-9-7-10-16-44)21-14-22-52(59)45-17-11-8-12-18-45/h7-28,32-35,39-43H,29-31,36-38H2,1-6H3/q+1. The molecular formula is C64H61N4O2+. The van der Waals surface area contributed by atoms with Crippen LogP contribution in [-0.2, 0) is 16.4 Å². The van der Waals surface area contributed by atoms with Crippen LogP contribution in [0.25, 0.3) is 78.1 Å². The molecule has 4 saturated carbocycles. The van der Waals surface area contributed by atoms with Gasteiger partial charge in [-0.25, -0.2) is 9.55 Å². The molecule has 4 bridgehead atoms. The smallest absolute Gasteiger partial charge is 0.343 e. The van der Waals surface area contributed by atoms with Crippen molar-refractivity contribution >= 4 is 27.5 Å². The molecule has 6 aromatic carbocycles. The average Bonchev–Trinajstić information content (AvgIpc) is 4.04. The Morgan fingerprint density at radius 3 is 1.91 bits per heavy atom. The van der Waals surface area contributed by atoms with Crippen molar-refractivity contribution in [2.24, 2.45) is 17.8 Å². The molecule has 0 atom stereocenters. The van der Waals surface area contributed by atoms with Crippen molar-refractivity contribution < 1.29 is 13.7 Å². The summed E-state index contributed by atoms with van der Waals surface area (Å²) in [5.74, 6) is 5.13. The number of hydrogen-bond donors (Lipinski definition) is 0. The fraction of sp³-hybridized carbons (Fsp3) is 0.281. The van der Waals surface area contributed by atoms with Crippen molar-refractivity contribution in [2.75, 3.05) is 0 Å². The Kier molecular flexibility index (Phi) is 9.76. The van der Waals surface area contributed by atoms with Gasteiger partial charge in [-0.05, 0) is 170 Å². The van der Waals surface area contributed by atoms with Gasteiger partial charge in [-0.3, -0.25) is 4.57 Å². The van der Waals surface area contributed by atoms with Gasteiger partial charge in [0.15, 0.2) is 5.69 Å². The van der Waals surface area contributed by atoms with Crippen LogP contribution < -0.4 is 9.30 Å². The van der Waals surface area contributed by atoms with E-state index in [9.17, 15) is 0 Å². The highest BCUT2D eigenvalue weighted by atomic mass is 16.5. The first-order valence-electron chi connectivity index (χ1n) is 25.5. The van der Waals surface area contributed by atoms with Crippen LogP contribution in [-0.4, -0.2) is 14.0 Å². The lowest BCUT2D eigenvalue weighted by molar-refractivity contribution is -0.743. The maximum Gasteiger partial charge on any atom is 0.343 e. The van der Waals surface area contributed by atoms with Gasteiger partial charge in [-0.2, -0.15) is 4.40 Å². The van der Waals surface area contributed by atoms with Gasteiger partial charge in [0.1, 0.15) is 29.1 Å². The molecule has 70 heavy (non-hydrogen) atoms. The number of oxazole rings is 1. The lowest BCUT2D eigenvalue weighted by atomic mass is 9.48. The number of aromatic nitrogens is 4. The van der Waals surface area contributed by atoms with Crippen molar-refractivity contribution in [1.82, 2.24) is 14.0 Å². The Morgan fingerprint density at radius 1 is 0.614 bits per heavy atom. The Balaban J connectivity index is 0.914. The van der Waals surface area contributed by atoms with Crippen molar-refractivity contribution in [3.05, 3.63) is 182 Å². The Bertz CT molecular complexity index is 3540. The third-order valence-corrected chi connectivity index (χ3v) is 16.2. The van der Waals surface area contributed by atoms with Crippen LogP contribution in [0.1, 0.15) is 91.2 Å². The van der Waals surface area contributed by atoms with Gasteiger partial charge in [0.05, 0.1) is 11.0 Å². The van der Waals surface area contributed by atoms with Crippen molar-refractivity contribution in [1.29, 1.82) is 0 Å². The minimum atomic E-state index is -0.273. The summed E-state index contributed by atoms with van der Waals surface area (Å²) in [5.41, 5.74) is 14.6. The zero-order chi connectivity index (χ0) is 47.5. The summed E-state index contributed by atoms with van der Waals surface area (Å²) in [7, 11) is 0. The maximum absolute atomic E-state index is 6.89. The number of pyridine rings is 1. The molecule has 0 radical (unpaired) electrons. The second-order valence-corrected chi connectivity index (χ2v) is 23.0. The summed E-state index contributed by atoms with van der Waals surface area (Å²) in [6.07, 6.45) is 14.4. The van der Waals surface area contributed by atoms with Gasteiger partial charge in [0, 0.05) is 34.2 Å². The predicted molar refractivity (Wildman–Crippen MR) is 284 cm³/mol. The minimum absolute atomic E-state index is 0.0189. The van der Waals surface area contributed by atoms with Crippen LogP contribution in [0.2, 0.25) is 0 Å². The molecule has 0 spiro atoms. The summed E-state index contributed by atoms with van der Waals surface area (Å²) in [5, 5.41) is 2.52. The first-order valence-corrected chi connectivity index (χ1v) is 25.5. The number of ether oxygens (including phenoxy) is 1. The molecule has 4 heterocycles. The van der Waals surface area contributed by atoms with Gasteiger partial charge < -0.3 is 9.15 Å². The number of nitrogens with zero attached hydrogens (tertiary/aromatic N) is 4. The molecule has 4 aromatic heterocycles. The summed E-state index contributed by atoms with van der Waals surface area (Å²) in [6.45, 7) is 13.6. The molecular weight excluding hydrogens is 857 g/mol. The van der Waals surface area contributed by atoms with Gasteiger partial charge in [0.25, 0.3) is 6.33 Å². The molecule has 0 amide bonds. The largest absolute Gasteiger partial charge is 0.457 e. The van der Waals surface area contributed by atoms with Crippen LogP contribution in [0, 0.1) is 17.8 Å². The minimum Gasteiger partial charge on any atom is -0.457 e. The third-order valence-electron chi connectivity index (χ3n) is 16.2. The number of benzene rings is 6. The molecule has 6 heteroatoms. The van der Waals surface area contributed by atoms with Crippen molar-refractivity contribution in [3.63, 3.8) is 0 Å². The average molecular weight is 918 g/mol. The number of hydrogen-bond acceptors (Lipinski definition) is 3. The van der Waals surface area contributed by atoms with Gasteiger partial charge in [-0.15, -0.1) is 0 Å². The Morgan fingerprint density at radius 2 is 1.26 bits per heavy atom. The Labute approximate surface area is 411 Å². The first kappa shape index (κ1) is 42.9. The highest BCUT2D eigenvalue weighted by Crippen LogP contribution is 2.61. The van der Waals surface area contributed by atoms with Gasteiger partial charge >= 0.3 is 5.71 Å². The zero-order valence-corrected chi connectivity index (χ0v) is 41.2. The molecule has 4 aliphatic carbocycles. The molecule has 14 rings (SSSR count). The maximum atomic E-state index is 6.89. The number of imidazole rings is 1. The van der Waals surface area contributed by atoms with Crippen LogP contribution in [0.15, 0.2) is 175 Å². The zero-order valence-electron chi connectivity index (χ0n) is 41.2. The Hall–Kier alpha value is -7.18. The lowest BCUT2D eigenvalue weighted by Gasteiger charge is -2.57. The molecule has 10 aromatic rings. The molecule has 6 nitrogen and oxygen atoms in total. The number of rotatable bonds is 8. The van der Waals surface area contributed by atoms with Crippen molar-refractivity contribution in [3.8, 4) is 62.1 Å². The van der Waals surface area contributed by atoms with Crippen LogP contribution >= 0.6 is 0 Å². The monoisotopic (exact) mass is 917 g/mol. The first-order chi connectivity index (χ1) is 33.9. The quantitative estimate of drug-likeness (QED) is 0.143. The summed E-state index contributed by atoms with van der Waals surface area (Å²) >= 11 is 0. The SMILES string of the molecule is CC(C)(C)c1ccnc(-n2c3ccc(C45CC6CC(CC(C6)C4)C5)cc3c3ccc(Oc4cccc(-c5coc6c(-c7c(-c8ccccc8)cccc7-c7ccccc7)[n+](C(C)(C)C)cn56)c4)cc32)c1. The van der Waals surface area contributed by atoms with Gasteiger partial charge in [-0.1, -0.05) is 118 Å². The molecule has 0 aliphatic heterocycles. The molecule has 4 aliphatic rings. The van der Waals surface area contributed by atoms with E-state index in [1.165, 1.54) is 60.4 Å². The second-order valence-electron chi connectivity index (χ2n) is 23.0. The molecule has 0 saturated heterocycles. The number of fused-ring (bicyclic) bond motifs is 4. The summed E-state index contributed by atoms with van der Waals surface area (Å²) < 4.78 is 20.6. The van der Waals surface area contributed by atoms with Crippen LogP contribution in [0.3, 0.4) is 0 Å². The summed E-state index contributed by atoms with van der Waals surface area (Å²) in [4.78, 5) is 5.04. The molecule has 348 valence electrons. The lowest BCUT2D eigenvalue weighted by Crippen LogP contribution is -2.50. The highest BCUT2D eigenvalue weighted by Gasteiger charge is 2.51. The van der Waals surface area contributed by atoms with E-state index >= 15 is 0 Å². The normalized spacial score (nSPS) is 20.0. The van der Waals surface area contributed by atoms with Crippen molar-refractivity contribution in [2.45, 2.75) is 96.4 Å². The molecule has 0 unspecified atom stereocenters. The molecule has 0 N–H and O–H groups in total. The van der Waals surface area contributed by atoms with E-state index < -0.39 is 0 Å². The van der Waals surface area contributed by atoms with E-state index in [4.69, 9.17) is 14.1 Å². The van der Waals surface area contributed by atoms with E-state index in [1.807, 2.05) is 18.5 Å². The second kappa shape index (κ2) is 15.9. The fourth-order valence-electron chi connectivity index (χ4n) is 13.3. The summed E-state index contributed by atoms with van der Waals surface area (Å²) in [6, 6.07) is 54.9. The third kappa shape index (κ3) is 7.12. The topological polar surface area (TPSA) is 48.5 Å². The highest BCUT2D eigenvalue weighted by molar-refractivity contribution is 6.10. The fourth-order valence-corrected chi connectivity index (χ4v) is 13.3. The van der Waals surface area contributed by atoms with Crippen LogP contribution in [0.5, 0.6) is 11.5 Å². The van der Waals surface area contributed by atoms with E-state index in [2.05, 4.69) is 207 Å². The van der Waals surface area contributed by atoms with E-state index in [1.54, 1.807) is 5.56 Å².